The first-order valence-electron chi connectivity index (χ1n) is 4.40. The molecule has 6 nitrogen and oxygen atoms in total. The van der Waals surface area contributed by atoms with Crippen molar-refractivity contribution >= 4 is 23.2 Å². The lowest BCUT2D eigenvalue weighted by atomic mass is 9.96. The first kappa shape index (κ1) is 10.8. The molecule has 1 heterocycles. The van der Waals surface area contributed by atoms with Gasteiger partial charge in [-0.1, -0.05) is 23.7 Å². The third-order valence-electron chi connectivity index (χ3n) is 2.43. The number of fused-ring (bicyclic) bond motifs is 1. The van der Waals surface area contributed by atoms with E-state index in [4.69, 9.17) is 11.6 Å². The number of carbonyl (C=O) groups excluding carboxylic acids is 1. The van der Waals surface area contributed by atoms with Gasteiger partial charge in [0.15, 0.2) is 0 Å². The van der Waals surface area contributed by atoms with Crippen LogP contribution in [0.25, 0.3) is 0 Å². The van der Waals surface area contributed by atoms with Crippen LogP contribution >= 0.6 is 11.6 Å². The third-order valence-corrected chi connectivity index (χ3v) is 2.75. The van der Waals surface area contributed by atoms with Crippen LogP contribution in [0, 0.1) is 10.1 Å². The van der Waals surface area contributed by atoms with E-state index < -0.39 is 23.0 Å². The maximum atomic E-state index is 11.5. The molecule has 1 atom stereocenters. The predicted octanol–water partition coefficient (Wildman–Crippen LogP) is 0.756. The fourth-order valence-electron chi connectivity index (χ4n) is 1.68. The molecular weight excluding hydrogens is 236 g/mol. The quantitative estimate of drug-likeness (QED) is 0.591. The molecule has 0 bridgehead atoms. The molecule has 1 aromatic carbocycles. The van der Waals surface area contributed by atoms with E-state index in [9.17, 15) is 20.0 Å². The SMILES string of the molecule is O=C1Nc2c(Cl)cccc2[C@@]1(O)C[N+](=O)[O-]. The Labute approximate surface area is 95.0 Å². The molecule has 0 aliphatic carbocycles. The standard InChI is InChI=1S/C9H7ClN2O4/c10-6-3-1-2-5-7(6)11-8(13)9(5,14)4-12(15)16/h1-3,14H,4H2,(H,11,13)/t9-/m0/s1. The summed E-state index contributed by atoms with van der Waals surface area (Å²) in [5.41, 5.74) is -1.76. The molecular formula is C9H7ClN2O4. The van der Waals surface area contributed by atoms with Crippen molar-refractivity contribution < 1.29 is 14.8 Å². The van der Waals surface area contributed by atoms with Gasteiger partial charge in [0, 0.05) is 10.5 Å². The predicted molar refractivity (Wildman–Crippen MR) is 55.8 cm³/mol. The van der Waals surface area contributed by atoms with Crippen molar-refractivity contribution in [2.75, 3.05) is 11.9 Å². The number of anilines is 1. The molecule has 0 unspecified atom stereocenters. The van der Waals surface area contributed by atoms with E-state index in [0.29, 0.717) is 0 Å². The number of para-hydroxylation sites is 1. The number of amides is 1. The van der Waals surface area contributed by atoms with E-state index in [-0.39, 0.29) is 16.3 Å². The van der Waals surface area contributed by atoms with Gasteiger partial charge in [0.1, 0.15) is 0 Å². The fraction of sp³-hybridized carbons (Fsp3) is 0.222. The summed E-state index contributed by atoms with van der Waals surface area (Å²) in [4.78, 5) is 21.2. The van der Waals surface area contributed by atoms with Crippen LogP contribution in [0.2, 0.25) is 5.02 Å². The van der Waals surface area contributed by atoms with E-state index in [1.165, 1.54) is 18.2 Å². The minimum Gasteiger partial charge on any atom is -0.370 e. The molecule has 0 radical (unpaired) electrons. The van der Waals surface area contributed by atoms with Crippen molar-refractivity contribution in [1.29, 1.82) is 0 Å². The summed E-state index contributed by atoms with van der Waals surface area (Å²) in [6.07, 6.45) is 0. The van der Waals surface area contributed by atoms with Gasteiger partial charge >= 0.3 is 0 Å². The van der Waals surface area contributed by atoms with Gasteiger partial charge in [-0.2, -0.15) is 0 Å². The first-order valence-corrected chi connectivity index (χ1v) is 4.77. The number of benzene rings is 1. The highest BCUT2D eigenvalue weighted by atomic mass is 35.5. The summed E-state index contributed by atoms with van der Waals surface area (Å²) in [6, 6.07) is 4.48. The van der Waals surface area contributed by atoms with Gasteiger partial charge in [-0.3, -0.25) is 14.9 Å². The van der Waals surface area contributed by atoms with E-state index in [1.807, 2.05) is 0 Å². The molecule has 84 valence electrons. The number of nitro groups is 1. The van der Waals surface area contributed by atoms with Crippen molar-refractivity contribution in [1.82, 2.24) is 0 Å². The van der Waals surface area contributed by atoms with Gasteiger partial charge in [-0.25, -0.2) is 0 Å². The molecule has 1 aliphatic rings. The van der Waals surface area contributed by atoms with Crippen molar-refractivity contribution in [3.63, 3.8) is 0 Å². The second kappa shape index (κ2) is 3.43. The van der Waals surface area contributed by atoms with Crippen LogP contribution in [-0.4, -0.2) is 22.5 Å². The minimum absolute atomic E-state index is 0.140. The summed E-state index contributed by atoms with van der Waals surface area (Å²) in [6.45, 7) is -0.883. The second-order valence-corrected chi connectivity index (χ2v) is 3.87. The summed E-state index contributed by atoms with van der Waals surface area (Å²) in [7, 11) is 0. The number of hydrogen-bond donors (Lipinski definition) is 2. The molecule has 0 aromatic heterocycles. The molecule has 1 aliphatic heterocycles. The molecule has 0 saturated heterocycles. The number of rotatable bonds is 2. The lowest BCUT2D eigenvalue weighted by Gasteiger charge is -2.15. The molecule has 1 amide bonds. The summed E-state index contributed by atoms with van der Waals surface area (Å²) < 4.78 is 0. The molecule has 2 N–H and O–H groups in total. The van der Waals surface area contributed by atoms with Crippen molar-refractivity contribution in [2.45, 2.75) is 5.60 Å². The molecule has 16 heavy (non-hydrogen) atoms. The Morgan fingerprint density at radius 3 is 2.88 bits per heavy atom. The lowest BCUT2D eigenvalue weighted by molar-refractivity contribution is -0.498. The first-order chi connectivity index (χ1) is 7.45. The number of hydrogen-bond acceptors (Lipinski definition) is 4. The van der Waals surface area contributed by atoms with Crippen molar-refractivity contribution in [3.8, 4) is 0 Å². The Balaban J connectivity index is 2.55. The lowest BCUT2D eigenvalue weighted by Crippen LogP contribution is -2.40. The van der Waals surface area contributed by atoms with Crippen LogP contribution in [0.3, 0.4) is 0 Å². The normalized spacial score (nSPS) is 22.8. The van der Waals surface area contributed by atoms with E-state index in [1.54, 1.807) is 0 Å². The van der Waals surface area contributed by atoms with Gasteiger partial charge in [0.2, 0.25) is 12.1 Å². The highest BCUT2D eigenvalue weighted by Crippen LogP contribution is 2.40. The largest absolute Gasteiger partial charge is 0.370 e. The fourth-order valence-corrected chi connectivity index (χ4v) is 1.90. The zero-order valence-electron chi connectivity index (χ0n) is 7.94. The maximum Gasteiger partial charge on any atom is 0.268 e. The number of aliphatic hydroxyl groups is 1. The Kier molecular flexibility index (Phi) is 2.32. The Morgan fingerprint density at radius 1 is 1.56 bits per heavy atom. The van der Waals surface area contributed by atoms with E-state index >= 15 is 0 Å². The molecule has 7 heteroatoms. The second-order valence-electron chi connectivity index (χ2n) is 3.47. The van der Waals surface area contributed by atoms with E-state index in [0.717, 1.165) is 0 Å². The number of nitrogens with one attached hydrogen (secondary N) is 1. The zero-order valence-corrected chi connectivity index (χ0v) is 8.69. The summed E-state index contributed by atoms with van der Waals surface area (Å²) in [5.74, 6) is -0.827. The average Bonchev–Trinajstić information content (AvgIpc) is 2.41. The van der Waals surface area contributed by atoms with Crippen LogP contribution in [0.15, 0.2) is 18.2 Å². The number of halogens is 1. The van der Waals surface area contributed by atoms with E-state index in [2.05, 4.69) is 5.32 Å². The third kappa shape index (κ3) is 1.43. The Bertz CT molecular complexity index is 490. The number of nitrogens with zero attached hydrogens (tertiary/aromatic N) is 1. The van der Waals surface area contributed by atoms with Gasteiger partial charge in [-0.15, -0.1) is 0 Å². The number of carbonyl (C=O) groups is 1. The molecule has 0 spiro atoms. The van der Waals surface area contributed by atoms with Crippen LogP contribution in [0.1, 0.15) is 5.56 Å². The van der Waals surface area contributed by atoms with Gasteiger partial charge in [0.25, 0.3) is 5.91 Å². The summed E-state index contributed by atoms with van der Waals surface area (Å²) in [5, 5.41) is 23.0. The van der Waals surface area contributed by atoms with Crippen LogP contribution < -0.4 is 5.32 Å². The maximum absolute atomic E-state index is 11.5. The van der Waals surface area contributed by atoms with Crippen LogP contribution in [0.4, 0.5) is 5.69 Å². The van der Waals surface area contributed by atoms with Crippen molar-refractivity contribution in [3.05, 3.63) is 38.9 Å². The van der Waals surface area contributed by atoms with Gasteiger partial charge < -0.3 is 10.4 Å². The monoisotopic (exact) mass is 242 g/mol. The topological polar surface area (TPSA) is 92.5 Å². The minimum atomic E-state index is -2.14. The van der Waals surface area contributed by atoms with Gasteiger partial charge in [0.05, 0.1) is 10.7 Å². The zero-order chi connectivity index (χ0) is 11.9. The van der Waals surface area contributed by atoms with Gasteiger partial charge in [-0.05, 0) is 6.07 Å². The smallest absolute Gasteiger partial charge is 0.268 e. The molecule has 1 aromatic rings. The summed E-state index contributed by atoms with van der Waals surface area (Å²) >= 11 is 5.80. The molecule has 2 rings (SSSR count). The Hall–Kier alpha value is -1.66. The highest BCUT2D eigenvalue weighted by molar-refractivity contribution is 6.34. The Morgan fingerprint density at radius 2 is 2.25 bits per heavy atom. The van der Waals surface area contributed by atoms with Crippen LogP contribution in [0.5, 0.6) is 0 Å². The highest BCUT2D eigenvalue weighted by Gasteiger charge is 2.50. The van der Waals surface area contributed by atoms with Crippen LogP contribution in [-0.2, 0) is 10.4 Å². The molecule has 0 fully saturated rings. The average molecular weight is 243 g/mol. The molecule has 0 saturated carbocycles. The van der Waals surface area contributed by atoms with Crippen molar-refractivity contribution in [2.24, 2.45) is 0 Å².